The van der Waals surface area contributed by atoms with Crippen LogP contribution in [-0.4, -0.2) is 16.0 Å². The van der Waals surface area contributed by atoms with Gasteiger partial charge in [0.2, 0.25) is 0 Å². The van der Waals surface area contributed by atoms with Crippen molar-refractivity contribution >= 4 is 34.3 Å². The normalized spacial score (nSPS) is 11.7. The lowest BCUT2D eigenvalue weighted by molar-refractivity contribution is -0.136. The van der Waals surface area contributed by atoms with Crippen LogP contribution >= 0.6 is 28.3 Å². The van der Waals surface area contributed by atoms with Gasteiger partial charge in [0.1, 0.15) is 0 Å². The predicted molar refractivity (Wildman–Crippen MR) is 31.8 cm³/mol. The van der Waals surface area contributed by atoms with Crippen LogP contribution in [-0.2, 0) is 4.79 Å². The number of hydrogen-bond acceptors (Lipinski definition) is 2. The standard InChI is InChI=1S/C2H4BrNO2.ClH/c3-1(4)2(5)6;/h1H,4H2,(H,5,6);1H. The molecule has 0 radical (unpaired) electrons. The first-order chi connectivity index (χ1) is 2.64. The Balaban J connectivity index is 0. The third-order valence-corrected chi connectivity index (χ3v) is 0.628. The third-order valence-electron chi connectivity index (χ3n) is 0.236. The minimum Gasteiger partial charge on any atom is -0.479 e. The highest BCUT2D eigenvalue weighted by Crippen LogP contribution is 1.85. The molecule has 0 amide bonds. The summed E-state index contributed by atoms with van der Waals surface area (Å²) in [6.07, 6.45) is 0. The van der Waals surface area contributed by atoms with Crippen LogP contribution in [0.3, 0.4) is 0 Å². The Labute approximate surface area is 55.4 Å². The van der Waals surface area contributed by atoms with Crippen molar-refractivity contribution in [3.63, 3.8) is 0 Å². The summed E-state index contributed by atoms with van der Waals surface area (Å²) in [6.45, 7) is 0. The minimum absolute atomic E-state index is 0. The average Bonchev–Trinajstić information content (AvgIpc) is 1.36. The van der Waals surface area contributed by atoms with Crippen molar-refractivity contribution in [2.45, 2.75) is 4.95 Å². The summed E-state index contributed by atoms with van der Waals surface area (Å²) in [7, 11) is 0. The molecule has 0 aliphatic carbocycles. The molecule has 0 bridgehead atoms. The lowest BCUT2D eigenvalue weighted by atomic mass is 10.7. The van der Waals surface area contributed by atoms with E-state index in [1.165, 1.54) is 0 Å². The molecule has 0 heterocycles. The fraction of sp³-hybridized carbons (Fsp3) is 0.500. The molecule has 0 saturated heterocycles. The number of carboxylic acids is 1. The molecule has 0 fully saturated rings. The molecular formula is C2H5BrClNO2. The van der Waals surface area contributed by atoms with Crippen molar-refractivity contribution in [2.24, 2.45) is 5.73 Å². The number of alkyl halides is 1. The van der Waals surface area contributed by atoms with E-state index in [4.69, 9.17) is 10.8 Å². The quantitative estimate of drug-likeness (QED) is 0.458. The molecule has 0 aliphatic heterocycles. The lowest BCUT2D eigenvalue weighted by Crippen LogP contribution is -2.22. The van der Waals surface area contributed by atoms with Crippen molar-refractivity contribution in [3.8, 4) is 0 Å². The molecule has 44 valence electrons. The number of nitrogens with two attached hydrogens (primary N) is 1. The largest absolute Gasteiger partial charge is 0.479 e. The van der Waals surface area contributed by atoms with Gasteiger partial charge in [-0.1, -0.05) is 15.9 Å². The van der Waals surface area contributed by atoms with E-state index in [0.29, 0.717) is 0 Å². The maximum Gasteiger partial charge on any atom is 0.331 e. The van der Waals surface area contributed by atoms with E-state index in [2.05, 4.69) is 15.9 Å². The number of halogens is 2. The Morgan fingerprint density at radius 3 is 2.00 bits per heavy atom. The first kappa shape index (κ1) is 10.2. The Kier molecular flexibility index (Phi) is 6.38. The fourth-order valence-corrected chi connectivity index (χ4v) is 0. The van der Waals surface area contributed by atoms with Gasteiger partial charge in [-0.05, 0) is 0 Å². The third kappa shape index (κ3) is 6.20. The van der Waals surface area contributed by atoms with Crippen LogP contribution in [0.5, 0.6) is 0 Å². The molecule has 1 atom stereocenters. The summed E-state index contributed by atoms with van der Waals surface area (Å²) < 4.78 is 0. The maximum absolute atomic E-state index is 9.53. The molecule has 3 N–H and O–H groups in total. The Bertz CT molecular complexity index is 66.7. The first-order valence-corrected chi connectivity index (χ1v) is 2.18. The van der Waals surface area contributed by atoms with Gasteiger partial charge in [-0.2, -0.15) is 0 Å². The smallest absolute Gasteiger partial charge is 0.331 e. The Morgan fingerprint density at radius 2 is 2.00 bits per heavy atom. The highest BCUT2D eigenvalue weighted by atomic mass is 79.9. The zero-order valence-corrected chi connectivity index (χ0v) is 5.70. The van der Waals surface area contributed by atoms with Gasteiger partial charge < -0.3 is 10.8 Å². The van der Waals surface area contributed by atoms with E-state index in [-0.39, 0.29) is 12.4 Å². The summed E-state index contributed by atoms with van der Waals surface area (Å²) in [5.41, 5.74) is 4.75. The van der Waals surface area contributed by atoms with E-state index in [1.54, 1.807) is 0 Å². The molecule has 0 aliphatic rings. The van der Waals surface area contributed by atoms with Crippen molar-refractivity contribution in [1.29, 1.82) is 0 Å². The number of aliphatic carboxylic acids is 1. The van der Waals surface area contributed by atoms with E-state index < -0.39 is 10.9 Å². The molecule has 0 saturated carbocycles. The fourth-order valence-electron chi connectivity index (χ4n) is 0. The van der Waals surface area contributed by atoms with Gasteiger partial charge in [0.25, 0.3) is 0 Å². The van der Waals surface area contributed by atoms with Gasteiger partial charge in [0.15, 0.2) is 4.95 Å². The zero-order chi connectivity index (χ0) is 5.15. The van der Waals surface area contributed by atoms with E-state index in [9.17, 15) is 4.79 Å². The second-order valence-electron chi connectivity index (χ2n) is 0.740. The summed E-state index contributed by atoms with van der Waals surface area (Å²) in [4.78, 5) is 8.61. The van der Waals surface area contributed by atoms with Crippen LogP contribution < -0.4 is 5.73 Å². The second kappa shape index (κ2) is 4.36. The van der Waals surface area contributed by atoms with Crippen molar-refractivity contribution in [2.75, 3.05) is 0 Å². The summed E-state index contributed by atoms with van der Waals surface area (Å²) in [5, 5.41) is 7.82. The van der Waals surface area contributed by atoms with Crippen LogP contribution in [0, 0.1) is 0 Å². The van der Waals surface area contributed by atoms with Crippen LogP contribution in [0.2, 0.25) is 0 Å². The topological polar surface area (TPSA) is 63.3 Å². The van der Waals surface area contributed by atoms with Crippen LogP contribution in [0.15, 0.2) is 0 Å². The average molecular weight is 190 g/mol. The molecule has 7 heavy (non-hydrogen) atoms. The van der Waals surface area contributed by atoms with Gasteiger partial charge in [0, 0.05) is 0 Å². The van der Waals surface area contributed by atoms with Gasteiger partial charge in [-0.25, -0.2) is 4.79 Å². The first-order valence-electron chi connectivity index (χ1n) is 1.27. The highest BCUT2D eigenvalue weighted by Gasteiger charge is 2.02. The van der Waals surface area contributed by atoms with Gasteiger partial charge in [-0.15, -0.1) is 12.4 Å². The second-order valence-corrected chi connectivity index (χ2v) is 1.73. The van der Waals surface area contributed by atoms with Crippen LogP contribution in [0.1, 0.15) is 0 Å². The summed E-state index contributed by atoms with van der Waals surface area (Å²) >= 11 is 2.62. The molecular weight excluding hydrogens is 185 g/mol. The highest BCUT2D eigenvalue weighted by molar-refractivity contribution is 9.09. The molecule has 1 unspecified atom stereocenters. The Morgan fingerprint density at radius 1 is 1.86 bits per heavy atom. The van der Waals surface area contributed by atoms with Gasteiger partial charge >= 0.3 is 5.97 Å². The maximum atomic E-state index is 9.53. The number of carboxylic acid groups (broad SMARTS) is 1. The molecule has 0 aromatic rings. The predicted octanol–water partition coefficient (Wildman–Crippen LogP) is 0.173. The van der Waals surface area contributed by atoms with Crippen LogP contribution in [0.4, 0.5) is 0 Å². The van der Waals surface area contributed by atoms with Crippen molar-refractivity contribution < 1.29 is 9.90 Å². The number of rotatable bonds is 1. The lowest BCUT2D eigenvalue weighted by Gasteiger charge is -1.87. The summed E-state index contributed by atoms with van der Waals surface area (Å²) in [5.74, 6) is -1.05. The monoisotopic (exact) mass is 189 g/mol. The summed E-state index contributed by atoms with van der Waals surface area (Å²) in [6, 6.07) is 0. The van der Waals surface area contributed by atoms with E-state index in [1.807, 2.05) is 0 Å². The molecule has 0 spiro atoms. The molecule has 3 nitrogen and oxygen atoms in total. The molecule has 5 heteroatoms. The van der Waals surface area contributed by atoms with Crippen LogP contribution in [0.25, 0.3) is 0 Å². The van der Waals surface area contributed by atoms with Crippen molar-refractivity contribution in [1.82, 2.24) is 0 Å². The zero-order valence-electron chi connectivity index (χ0n) is 3.30. The van der Waals surface area contributed by atoms with Gasteiger partial charge in [0.05, 0.1) is 0 Å². The number of hydrogen-bond donors (Lipinski definition) is 2. The molecule has 0 aromatic carbocycles. The molecule has 0 rings (SSSR count). The minimum atomic E-state index is -1.05. The van der Waals surface area contributed by atoms with E-state index >= 15 is 0 Å². The van der Waals surface area contributed by atoms with Crippen molar-refractivity contribution in [3.05, 3.63) is 0 Å². The van der Waals surface area contributed by atoms with Gasteiger partial charge in [-0.3, -0.25) is 0 Å². The molecule has 0 aromatic heterocycles. The SMILES string of the molecule is Cl.NC(Br)C(=O)O. The number of carbonyl (C=O) groups is 1. The Hall–Kier alpha value is 0.200. The van der Waals surface area contributed by atoms with E-state index in [0.717, 1.165) is 0 Å².